The molecular weight excluding hydrogens is 417 g/mol. The SMILES string of the molecule is COc1cc(C(C#N)Nc2ccc(-c3noc(C)n3)cc2)cc2c1OCC(=O)N2CCF. The van der Waals surface area contributed by atoms with E-state index in [0.29, 0.717) is 40.2 Å². The molecule has 9 nitrogen and oxygen atoms in total. The maximum atomic E-state index is 13.1. The number of anilines is 2. The van der Waals surface area contributed by atoms with Crippen LogP contribution in [0.1, 0.15) is 17.5 Å². The van der Waals surface area contributed by atoms with Crippen LogP contribution in [0.5, 0.6) is 11.5 Å². The number of rotatable bonds is 7. The molecule has 164 valence electrons. The summed E-state index contributed by atoms with van der Waals surface area (Å²) in [4.78, 5) is 17.7. The molecule has 0 spiro atoms. The summed E-state index contributed by atoms with van der Waals surface area (Å²) in [5, 5.41) is 16.8. The van der Waals surface area contributed by atoms with Gasteiger partial charge in [0.25, 0.3) is 5.91 Å². The van der Waals surface area contributed by atoms with Gasteiger partial charge in [0.05, 0.1) is 25.4 Å². The number of carbonyl (C=O) groups is 1. The van der Waals surface area contributed by atoms with Crippen LogP contribution in [0.3, 0.4) is 0 Å². The predicted octanol–water partition coefficient (Wildman–Crippen LogP) is 3.43. The number of fused-ring (bicyclic) bond motifs is 1. The number of carbonyl (C=O) groups excluding carboxylic acids is 1. The average molecular weight is 437 g/mol. The summed E-state index contributed by atoms with van der Waals surface area (Å²) in [6.07, 6.45) is 0. The fourth-order valence-corrected chi connectivity index (χ4v) is 3.44. The number of nitrogens with one attached hydrogen (secondary N) is 1. The van der Waals surface area contributed by atoms with Crippen LogP contribution in [0, 0.1) is 18.3 Å². The first-order valence-electron chi connectivity index (χ1n) is 9.82. The molecule has 32 heavy (non-hydrogen) atoms. The maximum absolute atomic E-state index is 13.1. The van der Waals surface area contributed by atoms with E-state index in [0.717, 1.165) is 5.56 Å². The highest BCUT2D eigenvalue weighted by Gasteiger charge is 2.30. The maximum Gasteiger partial charge on any atom is 0.265 e. The van der Waals surface area contributed by atoms with Crippen molar-refractivity contribution in [2.75, 3.05) is 37.2 Å². The van der Waals surface area contributed by atoms with Gasteiger partial charge in [0.2, 0.25) is 11.7 Å². The van der Waals surface area contributed by atoms with E-state index in [-0.39, 0.29) is 19.1 Å². The molecular formula is C22H20FN5O4. The van der Waals surface area contributed by atoms with Crippen LogP contribution < -0.4 is 19.7 Å². The molecule has 2 aromatic carbocycles. The summed E-state index contributed by atoms with van der Waals surface area (Å²) >= 11 is 0. The lowest BCUT2D eigenvalue weighted by atomic mass is 10.0. The number of hydrogen-bond acceptors (Lipinski definition) is 8. The lowest BCUT2D eigenvalue weighted by Gasteiger charge is -2.30. The highest BCUT2D eigenvalue weighted by atomic mass is 19.1. The van der Waals surface area contributed by atoms with Gasteiger partial charge < -0.3 is 24.2 Å². The third kappa shape index (κ3) is 4.05. The van der Waals surface area contributed by atoms with Crippen LogP contribution in [0.4, 0.5) is 15.8 Å². The van der Waals surface area contributed by atoms with E-state index in [2.05, 4.69) is 21.5 Å². The van der Waals surface area contributed by atoms with Gasteiger partial charge in [0.15, 0.2) is 18.1 Å². The van der Waals surface area contributed by atoms with E-state index in [1.54, 1.807) is 31.2 Å². The number of aryl methyl sites for hydroxylation is 1. The Kier molecular flexibility index (Phi) is 5.89. The molecule has 0 fully saturated rings. The number of nitriles is 1. The first-order valence-corrected chi connectivity index (χ1v) is 9.82. The monoisotopic (exact) mass is 437 g/mol. The van der Waals surface area contributed by atoms with Gasteiger partial charge in [-0.3, -0.25) is 4.79 Å². The van der Waals surface area contributed by atoms with E-state index < -0.39 is 12.7 Å². The summed E-state index contributed by atoms with van der Waals surface area (Å²) in [7, 11) is 1.46. The van der Waals surface area contributed by atoms with Crippen molar-refractivity contribution >= 4 is 17.3 Å². The molecule has 1 atom stereocenters. The van der Waals surface area contributed by atoms with Crippen LogP contribution in [0.15, 0.2) is 40.9 Å². The minimum atomic E-state index is -0.767. The smallest absolute Gasteiger partial charge is 0.265 e. The van der Waals surface area contributed by atoms with Gasteiger partial charge >= 0.3 is 0 Å². The molecule has 4 rings (SSSR count). The zero-order chi connectivity index (χ0) is 22.7. The Balaban J connectivity index is 1.63. The van der Waals surface area contributed by atoms with Gasteiger partial charge in [0, 0.05) is 18.2 Å². The van der Waals surface area contributed by atoms with Crippen LogP contribution in [0.25, 0.3) is 11.4 Å². The normalized spacial score (nSPS) is 13.7. The van der Waals surface area contributed by atoms with Crippen LogP contribution in [-0.2, 0) is 4.79 Å². The zero-order valence-corrected chi connectivity index (χ0v) is 17.5. The zero-order valence-electron chi connectivity index (χ0n) is 17.5. The Hall–Kier alpha value is -4.13. The van der Waals surface area contributed by atoms with Gasteiger partial charge in [-0.05, 0) is 42.0 Å². The molecule has 0 bridgehead atoms. The van der Waals surface area contributed by atoms with E-state index in [4.69, 9.17) is 14.0 Å². The van der Waals surface area contributed by atoms with Gasteiger partial charge in [-0.15, -0.1) is 0 Å². The van der Waals surface area contributed by atoms with Gasteiger partial charge in [0.1, 0.15) is 12.7 Å². The molecule has 2 heterocycles. The highest BCUT2D eigenvalue weighted by molar-refractivity contribution is 5.98. The number of amides is 1. The van der Waals surface area contributed by atoms with Crippen molar-refractivity contribution in [2.24, 2.45) is 0 Å². The van der Waals surface area contributed by atoms with E-state index in [1.807, 2.05) is 12.1 Å². The third-order valence-corrected chi connectivity index (χ3v) is 4.96. The number of methoxy groups -OCH3 is 1. The van der Waals surface area contributed by atoms with Crippen molar-refractivity contribution < 1.29 is 23.2 Å². The second-order valence-electron chi connectivity index (χ2n) is 7.02. The molecule has 1 aliphatic heterocycles. The summed E-state index contributed by atoms with van der Waals surface area (Å²) < 4.78 is 29.0. The lowest BCUT2D eigenvalue weighted by molar-refractivity contribution is -0.121. The molecule has 0 radical (unpaired) electrons. The van der Waals surface area contributed by atoms with Crippen molar-refractivity contribution in [1.82, 2.24) is 10.1 Å². The summed E-state index contributed by atoms with van der Waals surface area (Å²) in [5.74, 6) is 1.29. The molecule has 0 saturated carbocycles. The second kappa shape index (κ2) is 8.93. The van der Waals surface area contributed by atoms with Crippen molar-refractivity contribution in [3.8, 4) is 29.0 Å². The minimum Gasteiger partial charge on any atom is -0.493 e. The van der Waals surface area contributed by atoms with E-state index in [1.165, 1.54) is 12.0 Å². The second-order valence-corrected chi connectivity index (χ2v) is 7.02. The molecule has 0 saturated heterocycles. The quantitative estimate of drug-likeness (QED) is 0.598. The van der Waals surface area contributed by atoms with Gasteiger partial charge in [-0.25, -0.2) is 4.39 Å². The number of ether oxygens (including phenoxy) is 2. The minimum absolute atomic E-state index is 0.108. The predicted molar refractivity (Wildman–Crippen MR) is 113 cm³/mol. The fraction of sp³-hybridized carbons (Fsp3) is 0.273. The fourth-order valence-electron chi connectivity index (χ4n) is 3.44. The van der Waals surface area contributed by atoms with Crippen molar-refractivity contribution in [3.63, 3.8) is 0 Å². The average Bonchev–Trinajstić information content (AvgIpc) is 3.25. The van der Waals surface area contributed by atoms with Crippen LogP contribution in [-0.4, -0.2) is 43.0 Å². The number of aromatic nitrogens is 2. The van der Waals surface area contributed by atoms with Crippen LogP contribution >= 0.6 is 0 Å². The van der Waals surface area contributed by atoms with Gasteiger partial charge in [-0.2, -0.15) is 10.2 Å². The third-order valence-electron chi connectivity index (χ3n) is 4.96. The Morgan fingerprint density at radius 3 is 2.75 bits per heavy atom. The van der Waals surface area contributed by atoms with Crippen molar-refractivity contribution in [3.05, 3.63) is 47.9 Å². The molecule has 1 aromatic heterocycles. The number of benzene rings is 2. The summed E-state index contributed by atoms with van der Waals surface area (Å²) in [6, 6.07) is 12.0. The number of alkyl halides is 1. The highest BCUT2D eigenvalue weighted by Crippen LogP contribution is 2.43. The number of nitrogens with zero attached hydrogens (tertiary/aromatic N) is 4. The Morgan fingerprint density at radius 2 is 2.12 bits per heavy atom. The molecule has 1 amide bonds. The molecule has 3 aromatic rings. The first-order chi connectivity index (χ1) is 15.5. The number of hydrogen-bond donors (Lipinski definition) is 1. The summed E-state index contributed by atoms with van der Waals surface area (Å²) in [6.45, 7) is 0.701. The molecule has 1 N–H and O–H groups in total. The Bertz CT molecular complexity index is 1170. The molecule has 0 aliphatic carbocycles. The van der Waals surface area contributed by atoms with Gasteiger partial charge in [-0.1, -0.05) is 5.16 Å². The summed E-state index contributed by atoms with van der Waals surface area (Å²) in [5.41, 5.74) is 2.38. The largest absolute Gasteiger partial charge is 0.493 e. The Labute approximate surface area is 183 Å². The standard InChI is InChI=1S/C22H20FN5O4/c1-13-25-22(27-32-13)14-3-5-16(6-4-14)26-17(11-24)15-9-18-21(19(10-15)30-2)31-12-20(29)28(18)8-7-23/h3-6,9-10,17,26H,7-8,12H2,1-2H3. The number of halogens is 1. The molecule has 1 unspecified atom stereocenters. The van der Waals surface area contributed by atoms with Crippen molar-refractivity contribution in [1.29, 1.82) is 5.26 Å². The van der Waals surface area contributed by atoms with E-state index in [9.17, 15) is 14.4 Å². The van der Waals surface area contributed by atoms with Crippen LogP contribution in [0.2, 0.25) is 0 Å². The lowest BCUT2D eigenvalue weighted by Crippen LogP contribution is -2.40. The molecule has 1 aliphatic rings. The molecule has 10 heteroatoms. The van der Waals surface area contributed by atoms with Crippen molar-refractivity contribution in [2.45, 2.75) is 13.0 Å². The topological polar surface area (TPSA) is 114 Å². The van der Waals surface area contributed by atoms with E-state index >= 15 is 0 Å². The first kappa shape index (κ1) is 21.1. The Morgan fingerprint density at radius 1 is 1.34 bits per heavy atom.